The predicted octanol–water partition coefficient (Wildman–Crippen LogP) is 1.52. The van der Waals surface area contributed by atoms with Gasteiger partial charge in [-0.2, -0.15) is 0 Å². The topological polar surface area (TPSA) is 87.7 Å². The second kappa shape index (κ2) is 5.45. The average Bonchev–Trinajstić information content (AvgIpc) is 2.32. The zero-order valence-corrected chi connectivity index (χ0v) is 7.72. The van der Waals surface area contributed by atoms with E-state index >= 15 is 0 Å². The number of halogens is 2. The Bertz CT molecular complexity index is 277. The molecule has 0 saturated carbocycles. The van der Waals surface area contributed by atoms with Crippen LogP contribution >= 0.6 is 24.8 Å². The van der Waals surface area contributed by atoms with E-state index in [-0.39, 0.29) is 30.4 Å². The molecule has 1 heterocycles. The Balaban J connectivity index is 0. The second-order valence-corrected chi connectivity index (χ2v) is 1.77. The van der Waals surface area contributed by atoms with Gasteiger partial charge in [-0.25, -0.2) is 9.59 Å². The molecule has 0 radical (unpaired) electrons. The molecule has 0 fully saturated rings. The van der Waals surface area contributed by atoms with Crippen LogP contribution in [0.25, 0.3) is 0 Å². The van der Waals surface area contributed by atoms with E-state index < -0.39 is 17.7 Å². The van der Waals surface area contributed by atoms with E-state index in [2.05, 4.69) is 4.42 Å². The van der Waals surface area contributed by atoms with E-state index in [1.807, 2.05) is 0 Å². The van der Waals surface area contributed by atoms with Crippen LogP contribution in [0.15, 0.2) is 16.7 Å². The number of hydrogen-bond donors (Lipinski definition) is 2. The highest BCUT2D eigenvalue weighted by atomic mass is 35.5. The fourth-order valence-electron chi connectivity index (χ4n) is 0.643. The predicted molar refractivity (Wildman–Crippen MR) is 47.1 cm³/mol. The van der Waals surface area contributed by atoms with E-state index in [0.717, 1.165) is 12.3 Å². The zero-order valence-electron chi connectivity index (χ0n) is 6.09. The Morgan fingerprint density at radius 1 is 1.15 bits per heavy atom. The first kappa shape index (κ1) is 14.3. The van der Waals surface area contributed by atoms with Crippen molar-refractivity contribution in [2.24, 2.45) is 0 Å². The summed E-state index contributed by atoms with van der Waals surface area (Å²) >= 11 is 0. The second-order valence-electron chi connectivity index (χ2n) is 1.77. The Morgan fingerprint density at radius 3 is 2.00 bits per heavy atom. The van der Waals surface area contributed by atoms with E-state index in [0.29, 0.717) is 0 Å². The lowest BCUT2D eigenvalue weighted by molar-refractivity contribution is 0.0626. The molecular formula is C6H6Cl2O5. The van der Waals surface area contributed by atoms with Gasteiger partial charge in [-0.3, -0.25) is 0 Å². The standard InChI is InChI=1S/C6H4O5.2ClH/c7-5(8)3-1-2-11-4(3)6(9)10;;/h1-2H,(H,7,8)(H,9,10);2*1H. The largest absolute Gasteiger partial charge is 0.478 e. The minimum Gasteiger partial charge on any atom is -0.478 e. The lowest BCUT2D eigenvalue weighted by atomic mass is 10.2. The maximum Gasteiger partial charge on any atom is 0.372 e. The van der Waals surface area contributed by atoms with Gasteiger partial charge in [0, 0.05) is 0 Å². The molecule has 1 rings (SSSR count). The number of rotatable bonds is 2. The molecular weight excluding hydrogens is 223 g/mol. The molecule has 0 spiro atoms. The van der Waals surface area contributed by atoms with Crippen LogP contribution in [0.5, 0.6) is 0 Å². The molecule has 0 atom stereocenters. The van der Waals surface area contributed by atoms with Crippen molar-refractivity contribution in [3.63, 3.8) is 0 Å². The van der Waals surface area contributed by atoms with Crippen molar-refractivity contribution in [3.8, 4) is 0 Å². The average molecular weight is 229 g/mol. The third-order valence-electron chi connectivity index (χ3n) is 1.09. The van der Waals surface area contributed by atoms with Gasteiger partial charge < -0.3 is 14.6 Å². The van der Waals surface area contributed by atoms with Gasteiger partial charge in [0.25, 0.3) is 0 Å². The maximum atomic E-state index is 10.3. The van der Waals surface area contributed by atoms with Gasteiger partial charge in [-0.1, -0.05) is 0 Å². The molecule has 1 aromatic rings. The van der Waals surface area contributed by atoms with E-state index in [1.165, 1.54) is 0 Å². The Labute approximate surface area is 85.2 Å². The number of aromatic carboxylic acids is 2. The molecule has 0 amide bonds. The monoisotopic (exact) mass is 228 g/mol. The molecule has 0 aliphatic rings. The minimum atomic E-state index is -1.38. The third kappa shape index (κ3) is 2.96. The summed E-state index contributed by atoms with van der Waals surface area (Å²) in [5.41, 5.74) is -0.336. The van der Waals surface area contributed by atoms with Crippen LogP contribution < -0.4 is 0 Å². The maximum absolute atomic E-state index is 10.3. The van der Waals surface area contributed by atoms with Gasteiger partial charge >= 0.3 is 11.9 Å². The summed E-state index contributed by atoms with van der Waals surface area (Å²) in [4.78, 5) is 20.5. The summed E-state index contributed by atoms with van der Waals surface area (Å²) in [7, 11) is 0. The van der Waals surface area contributed by atoms with Crippen LogP contribution in [-0.2, 0) is 0 Å². The summed E-state index contributed by atoms with van der Waals surface area (Å²) < 4.78 is 4.41. The van der Waals surface area contributed by atoms with Crippen LogP contribution in [0.1, 0.15) is 20.9 Å². The molecule has 0 bridgehead atoms. The highest BCUT2D eigenvalue weighted by Gasteiger charge is 2.18. The molecule has 0 aliphatic carbocycles. The smallest absolute Gasteiger partial charge is 0.372 e. The molecule has 1 aromatic heterocycles. The van der Waals surface area contributed by atoms with Crippen LogP contribution in [0.3, 0.4) is 0 Å². The molecule has 0 saturated heterocycles. The number of carbonyl (C=O) groups is 2. The molecule has 0 aliphatic heterocycles. The number of furan rings is 1. The fraction of sp³-hybridized carbons (Fsp3) is 0. The molecule has 13 heavy (non-hydrogen) atoms. The third-order valence-corrected chi connectivity index (χ3v) is 1.09. The molecule has 0 aromatic carbocycles. The summed E-state index contributed by atoms with van der Waals surface area (Å²) in [5, 5.41) is 16.7. The first-order valence-electron chi connectivity index (χ1n) is 2.67. The lowest BCUT2D eigenvalue weighted by Crippen LogP contribution is -2.03. The lowest BCUT2D eigenvalue weighted by Gasteiger charge is -1.88. The van der Waals surface area contributed by atoms with Gasteiger partial charge in [0.2, 0.25) is 5.76 Å². The molecule has 7 heteroatoms. The van der Waals surface area contributed by atoms with E-state index in [4.69, 9.17) is 10.2 Å². The van der Waals surface area contributed by atoms with Crippen molar-refractivity contribution < 1.29 is 24.2 Å². The van der Waals surface area contributed by atoms with Gasteiger partial charge in [0.15, 0.2) is 0 Å². The SMILES string of the molecule is Cl.Cl.O=C(O)c1ccoc1C(=O)O. The first-order valence-corrected chi connectivity index (χ1v) is 2.67. The molecule has 5 nitrogen and oxygen atoms in total. The number of hydrogen-bond acceptors (Lipinski definition) is 3. The Morgan fingerprint density at radius 2 is 1.69 bits per heavy atom. The highest BCUT2D eigenvalue weighted by molar-refractivity contribution is 5.99. The van der Waals surface area contributed by atoms with Gasteiger partial charge in [-0.05, 0) is 6.07 Å². The van der Waals surface area contributed by atoms with Crippen molar-refractivity contribution in [3.05, 3.63) is 23.7 Å². The van der Waals surface area contributed by atoms with Gasteiger partial charge in [-0.15, -0.1) is 24.8 Å². The fourth-order valence-corrected chi connectivity index (χ4v) is 0.643. The van der Waals surface area contributed by atoms with Crippen molar-refractivity contribution in [2.75, 3.05) is 0 Å². The van der Waals surface area contributed by atoms with Crippen LogP contribution in [0.2, 0.25) is 0 Å². The Hall–Kier alpha value is -1.20. The van der Waals surface area contributed by atoms with Crippen LogP contribution in [-0.4, -0.2) is 22.2 Å². The van der Waals surface area contributed by atoms with Crippen LogP contribution in [0.4, 0.5) is 0 Å². The van der Waals surface area contributed by atoms with E-state index in [9.17, 15) is 9.59 Å². The highest BCUT2D eigenvalue weighted by Crippen LogP contribution is 2.09. The van der Waals surface area contributed by atoms with E-state index in [1.54, 1.807) is 0 Å². The normalized spacial score (nSPS) is 8.00. The van der Waals surface area contributed by atoms with Crippen molar-refractivity contribution in [2.45, 2.75) is 0 Å². The van der Waals surface area contributed by atoms with Crippen molar-refractivity contribution >= 4 is 36.8 Å². The van der Waals surface area contributed by atoms with Crippen molar-refractivity contribution in [1.82, 2.24) is 0 Å². The zero-order chi connectivity index (χ0) is 8.43. The van der Waals surface area contributed by atoms with Gasteiger partial charge in [0.05, 0.1) is 6.26 Å². The number of carboxylic acids is 2. The number of carboxylic acid groups (broad SMARTS) is 2. The van der Waals surface area contributed by atoms with Crippen LogP contribution in [0, 0.1) is 0 Å². The summed E-state index contributed by atoms with van der Waals surface area (Å²) in [5.74, 6) is -3.24. The molecule has 0 unspecified atom stereocenters. The van der Waals surface area contributed by atoms with Gasteiger partial charge in [0.1, 0.15) is 5.56 Å². The Kier molecular flexibility index (Phi) is 6.00. The summed E-state index contributed by atoms with van der Waals surface area (Å²) in [6, 6.07) is 1.09. The minimum absolute atomic E-state index is 0. The summed E-state index contributed by atoms with van der Waals surface area (Å²) in [6.45, 7) is 0. The molecule has 2 N–H and O–H groups in total. The quantitative estimate of drug-likeness (QED) is 0.802. The first-order chi connectivity index (χ1) is 5.13. The van der Waals surface area contributed by atoms with Crippen molar-refractivity contribution in [1.29, 1.82) is 0 Å². The summed E-state index contributed by atoms with van der Waals surface area (Å²) in [6.07, 6.45) is 1.02. The molecule has 74 valence electrons.